The standard InChI is InChI=1S/C18H25F3N2OS/c1-14-3-2-10-22(13-14)15-8-11-23(12-9-15)25-17-6-4-16(5-7-17)24-18(19,20)21/h4-7,14-15H,2-3,8-13H2,1H3. The van der Waals surface area contributed by atoms with Crippen molar-refractivity contribution in [3.63, 3.8) is 0 Å². The van der Waals surface area contributed by atoms with Gasteiger partial charge in [-0.2, -0.15) is 0 Å². The van der Waals surface area contributed by atoms with Gasteiger partial charge in [0.1, 0.15) is 5.75 Å². The summed E-state index contributed by atoms with van der Waals surface area (Å²) in [5.74, 6) is 0.633. The van der Waals surface area contributed by atoms with E-state index in [1.165, 1.54) is 38.1 Å². The predicted octanol–water partition coefficient (Wildman–Crippen LogP) is 4.79. The van der Waals surface area contributed by atoms with E-state index >= 15 is 0 Å². The minimum Gasteiger partial charge on any atom is -0.406 e. The molecule has 3 nitrogen and oxygen atoms in total. The Hall–Kier alpha value is -0.920. The number of alkyl halides is 3. The van der Waals surface area contributed by atoms with Crippen LogP contribution in [0.25, 0.3) is 0 Å². The molecule has 2 fully saturated rings. The van der Waals surface area contributed by atoms with Gasteiger partial charge in [0.25, 0.3) is 0 Å². The highest BCUT2D eigenvalue weighted by Crippen LogP contribution is 2.31. The van der Waals surface area contributed by atoms with Gasteiger partial charge in [-0.15, -0.1) is 13.2 Å². The quantitative estimate of drug-likeness (QED) is 0.704. The van der Waals surface area contributed by atoms with Crippen LogP contribution < -0.4 is 4.74 Å². The summed E-state index contributed by atoms with van der Waals surface area (Å²) in [7, 11) is 0. The van der Waals surface area contributed by atoms with Crippen molar-refractivity contribution in [3.05, 3.63) is 24.3 Å². The van der Waals surface area contributed by atoms with Crippen molar-refractivity contribution in [1.29, 1.82) is 0 Å². The molecule has 0 spiro atoms. The van der Waals surface area contributed by atoms with Crippen LogP contribution >= 0.6 is 11.9 Å². The zero-order valence-corrected chi connectivity index (χ0v) is 15.3. The first-order valence-electron chi connectivity index (χ1n) is 8.92. The Balaban J connectivity index is 1.45. The number of hydrogen-bond acceptors (Lipinski definition) is 4. The van der Waals surface area contributed by atoms with Crippen molar-refractivity contribution in [1.82, 2.24) is 9.21 Å². The summed E-state index contributed by atoms with van der Waals surface area (Å²) in [5, 5.41) is 0. The highest BCUT2D eigenvalue weighted by Gasteiger charge is 2.31. The molecule has 1 aromatic carbocycles. The number of ether oxygens (including phenoxy) is 1. The zero-order chi connectivity index (χ0) is 17.9. The lowest BCUT2D eigenvalue weighted by Gasteiger charge is -2.41. The van der Waals surface area contributed by atoms with E-state index in [2.05, 4.69) is 20.9 Å². The van der Waals surface area contributed by atoms with Crippen LogP contribution in [-0.2, 0) is 0 Å². The molecule has 1 atom stereocenters. The maximum Gasteiger partial charge on any atom is 0.573 e. The van der Waals surface area contributed by atoms with Crippen LogP contribution in [0, 0.1) is 5.92 Å². The number of nitrogens with zero attached hydrogens (tertiary/aromatic N) is 2. The van der Waals surface area contributed by atoms with Gasteiger partial charge in [-0.25, -0.2) is 4.31 Å². The lowest BCUT2D eigenvalue weighted by Crippen LogP contribution is -2.46. The van der Waals surface area contributed by atoms with Crippen molar-refractivity contribution in [2.75, 3.05) is 26.2 Å². The third-order valence-electron chi connectivity index (χ3n) is 4.92. The summed E-state index contributed by atoms with van der Waals surface area (Å²) in [6, 6.07) is 6.80. The van der Waals surface area contributed by atoms with Gasteiger partial charge >= 0.3 is 6.36 Å². The van der Waals surface area contributed by atoms with E-state index in [9.17, 15) is 13.2 Å². The first-order valence-corrected chi connectivity index (χ1v) is 9.69. The van der Waals surface area contributed by atoms with Gasteiger partial charge in [-0.05, 0) is 74.4 Å². The molecular weight excluding hydrogens is 349 g/mol. The van der Waals surface area contributed by atoms with E-state index in [-0.39, 0.29) is 5.75 Å². The van der Waals surface area contributed by atoms with Gasteiger partial charge in [-0.3, -0.25) is 0 Å². The van der Waals surface area contributed by atoms with Crippen LogP contribution in [0.2, 0.25) is 0 Å². The summed E-state index contributed by atoms with van der Waals surface area (Å²) in [6.07, 6.45) is 0.341. The summed E-state index contributed by atoms with van der Waals surface area (Å²) < 4.78 is 42.8. The lowest BCUT2D eigenvalue weighted by molar-refractivity contribution is -0.274. The van der Waals surface area contributed by atoms with Crippen LogP contribution in [0.3, 0.4) is 0 Å². The van der Waals surface area contributed by atoms with Crippen LogP contribution in [0.5, 0.6) is 5.75 Å². The molecule has 25 heavy (non-hydrogen) atoms. The van der Waals surface area contributed by atoms with Crippen LogP contribution in [0.1, 0.15) is 32.6 Å². The molecule has 0 amide bonds. The molecule has 0 saturated carbocycles. The molecular formula is C18H25F3N2OS. The van der Waals surface area contributed by atoms with E-state index < -0.39 is 6.36 Å². The molecule has 2 heterocycles. The minimum absolute atomic E-state index is 0.172. The third-order valence-corrected chi connectivity index (χ3v) is 6.03. The molecule has 2 aliphatic heterocycles. The fourth-order valence-corrected chi connectivity index (χ4v) is 4.66. The smallest absolute Gasteiger partial charge is 0.406 e. The Morgan fingerprint density at radius 1 is 1.04 bits per heavy atom. The van der Waals surface area contributed by atoms with Crippen LogP contribution in [-0.4, -0.2) is 47.8 Å². The molecule has 0 bridgehead atoms. The minimum atomic E-state index is -4.64. The lowest BCUT2D eigenvalue weighted by atomic mass is 9.96. The molecule has 0 aliphatic carbocycles. The van der Waals surface area contributed by atoms with E-state index in [1.807, 2.05) is 0 Å². The molecule has 2 aliphatic rings. The maximum atomic E-state index is 12.2. The number of hydrogen-bond donors (Lipinski definition) is 0. The SMILES string of the molecule is CC1CCCN(C2CCN(Sc3ccc(OC(F)(F)F)cc3)CC2)C1. The number of rotatable bonds is 4. The molecule has 1 aromatic rings. The average molecular weight is 374 g/mol. The number of halogens is 3. The third kappa shape index (κ3) is 5.79. The van der Waals surface area contributed by atoms with E-state index in [0.717, 1.165) is 36.7 Å². The van der Waals surface area contributed by atoms with Crippen molar-refractivity contribution < 1.29 is 17.9 Å². The Labute approximate surface area is 151 Å². The fourth-order valence-electron chi connectivity index (χ4n) is 3.71. The molecule has 0 radical (unpaired) electrons. The predicted molar refractivity (Wildman–Crippen MR) is 93.5 cm³/mol. The number of piperidine rings is 2. The van der Waals surface area contributed by atoms with Crippen molar-refractivity contribution in [2.24, 2.45) is 5.92 Å². The van der Waals surface area contributed by atoms with E-state index in [1.54, 1.807) is 24.1 Å². The Kier molecular flexibility index (Phi) is 6.17. The van der Waals surface area contributed by atoms with Gasteiger partial charge in [0.15, 0.2) is 0 Å². The first-order chi connectivity index (χ1) is 11.9. The first kappa shape index (κ1) is 18.9. The molecule has 1 unspecified atom stereocenters. The van der Waals surface area contributed by atoms with E-state index in [4.69, 9.17) is 0 Å². The topological polar surface area (TPSA) is 15.7 Å². The van der Waals surface area contributed by atoms with E-state index in [0.29, 0.717) is 6.04 Å². The molecule has 140 valence electrons. The number of likely N-dealkylation sites (tertiary alicyclic amines) is 1. The summed E-state index contributed by atoms with van der Waals surface area (Å²) in [5.41, 5.74) is 0. The van der Waals surface area contributed by atoms with Gasteiger partial charge in [-0.1, -0.05) is 6.92 Å². The Morgan fingerprint density at radius 3 is 2.32 bits per heavy atom. The van der Waals surface area contributed by atoms with Gasteiger partial charge in [0, 0.05) is 30.6 Å². The normalized spacial score (nSPS) is 24.4. The molecule has 7 heteroatoms. The van der Waals surface area contributed by atoms with Crippen LogP contribution in [0.4, 0.5) is 13.2 Å². The van der Waals surface area contributed by atoms with Gasteiger partial charge in [0.2, 0.25) is 0 Å². The average Bonchev–Trinajstić information content (AvgIpc) is 2.56. The summed E-state index contributed by atoms with van der Waals surface area (Å²) >= 11 is 1.62. The highest BCUT2D eigenvalue weighted by molar-refractivity contribution is 7.97. The summed E-state index contributed by atoms with van der Waals surface area (Å²) in [6.45, 7) is 6.81. The molecule has 0 N–H and O–H groups in total. The largest absolute Gasteiger partial charge is 0.573 e. The Morgan fingerprint density at radius 2 is 1.72 bits per heavy atom. The van der Waals surface area contributed by atoms with Gasteiger partial charge in [0.05, 0.1) is 0 Å². The fraction of sp³-hybridized carbons (Fsp3) is 0.667. The summed E-state index contributed by atoms with van der Waals surface area (Å²) in [4.78, 5) is 3.60. The van der Waals surface area contributed by atoms with Crippen molar-refractivity contribution in [3.8, 4) is 5.75 Å². The second-order valence-electron chi connectivity index (χ2n) is 7.01. The van der Waals surface area contributed by atoms with Crippen LogP contribution in [0.15, 0.2) is 29.2 Å². The number of benzene rings is 1. The Bertz CT molecular complexity index is 544. The van der Waals surface area contributed by atoms with Crippen molar-refractivity contribution in [2.45, 2.75) is 49.9 Å². The second kappa shape index (κ2) is 8.18. The molecule has 3 rings (SSSR count). The zero-order valence-electron chi connectivity index (χ0n) is 14.5. The second-order valence-corrected chi connectivity index (χ2v) is 8.18. The molecule has 0 aromatic heterocycles. The molecule has 2 saturated heterocycles. The van der Waals surface area contributed by atoms with Crippen molar-refractivity contribution >= 4 is 11.9 Å². The highest BCUT2D eigenvalue weighted by atomic mass is 32.2. The van der Waals surface area contributed by atoms with Gasteiger partial charge < -0.3 is 9.64 Å². The maximum absolute atomic E-state index is 12.2. The monoisotopic (exact) mass is 374 g/mol.